The van der Waals surface area contributed by atoms with Crippen molar-refractivity contribution in [3.63, 3.8) is 0 Å². The van der Waals surface area contributed by atoms with E-state index in [4.69, 9.17) is 14.9 Å². The first-order chi connectivity index (χ1) is 9.11. The number of rotatable bonds is 2. The van der Waals surface area contributed by atoms with Crippen LogP contribution < -0.4 is 10.1 Å². The molecule has 0 amide bonds. The van der Waals surface area contributed by atoms with Crippen LogP contribution in [0.15, 0.2) is 15.3 Å². The van der Waals surface area contributed by atoms with Crippen LogP contribution in [-0.4, -0.2) is 14.9 Å². The summed E-state index contributed by atoms with van der Waals surface area (Å²) in [7, 11) is -5.05. The van der Waals surface area contributed by atoms with E-state index in [1.165, 1.54) is 0 Å². The Bertz CT molecular complexity index is 808. The molecule has 0 saturated heterocycles. The number of hydrogen-bond acceptors (Lipinski definition) is 5. The Morgan fingerprint density at radius 1 is 1.35 bits per heavy atom. The van der Waals surface area contributed by atoms with Crippen LogP contribution in [0.1, 0.15) is 5.56 Å². The Kier molecular flexibility index (Phi) is 3.29. The number of phosphoric acid groups is 1. The van der Waals surface area contributed by atoms with Crippen LogP contribution in [0.25, 0.3) is 11.0 Å². The molecule has 0 spiro atoms. The fraction of sp³-hybridized carbons (Fsp3) is 0.100. The molecule has 1 aromatic carbocycles. The molecule has 0 saturated carbocycles. The molecule has 0 aliphatic heterocycles. The van der Waals surface area contributed by atoms with E-state index in [-0.39, 0.29) is 10.9 Å². The third kappa shape index (κ3) is 2.38. The van der Waals surface area contributed by atoms with E-state index in [0.717, 1.165) is 6.92 Å². The fourth-order valence-electron chi connectivity index (χ4n) is 1.61. The molecule has 3 N–H and O–H groups in total. The van der Waals surface area contributed by atoms with Gasteiger partial charge in [0.05, 0.1) is 0 Å². The zero-order valence-corrected chi connectivity index (χ0v) is 10.6. The number of hydrogen-bond donors (Lipinski definition) is 3. The number of benzene rings is 1. The van der Waals surface area contributed by atoms with Crippen LogP contribution in [-0.2, 0) is 4.57 Å². The molecule has 0 fully saturated rings. The molecule has 7 nitrogen and oxygen atoms in total. The summed E-state index contributed by atoms with van der Waals surface area (Å²) in [5, 5.41) is 8.77. The minimum atomic E-state index is -5.05. The molecule has 0 radical (unpaired) electrons. The molecule has 20 heavy (non-hydrogen) atoms. The first-order valence-corrected chi connectivity index (χ1v) is 6.54. The van der Waals surface area contributed by atoms with Gasteiger partial charge in [0.15, 0.2) is 17.1 Å². The minimum Gasteiger partial charge on any atom is -0.503 e. The smallest absolute Gasteiger partial charge is 0.503 e. The van der Waals surface area contributed by atoms with E-state index < -0.39 is 42.2 Å². The quantitative estimate of drug-likeness (QED) is 0.569. The third-order valence-electron chi connectivity index (χ3n) is 2.48. The summed E-state index contributed by atoms with van der Waals surface area (Å²) >= 11 is 0. The Morgan fingerprint density at radius 2 is 1.95 bits per heavy atom. The topological polar surface area (TPSA) is 117 Å². The van der Waals surface area contributed by atoms with Crippen LogP contribution in [0.4, 0.5) is 8.78 Å². The number of phosphoric ester groups is 1. The van der Waals surface area contributed by atoms with E-state index in [1.54, 1.807) is 0 Å². The first-order valence-electron chi connectivity index (χ1n) is 5.01. The highest BCUT2D eigenvalue weighted by Crippen LogP contribution is 2.40. The van der Waals surface area contributed by atoms with Crippen molar-refractivity contribution in [2.75, 3.05) is 0 Å². The molecular formula is C10H7F2O7P. The number of aryl methyl sites for hydroxylation is 1. The lowest BCUT2D eigenvalue weighted by Crippen LogP contribution is -2.08. The molecular weight excluding hydrogens is 301 g/mol. The molecule has 0 unspecified atom stereocenters. The van der Waals surface area contributed by atoms with E-state index in [0.29, 0.717) is 6.07 Å². The van der Waals surface area contributed by atoms with Crippen LogP contribution in [0.5, 0.6) is 11.5 Å². The van der Waals surface area contributed by atoms with Crippen LogP contribution >= 0.6 is 7.82 Å². The van der Waals surface area contributed by atoms with Gasteiger partial charge in [-0.2, -0.15) is 4.39 Å². The maximum Gasteiger partial charge on any atom is 0.525 e. The Morgan fingerprint density at radius 3 is 2.50 bits per heavy atom. The van der Waals surface area contributed by atoms with Gasteiger partial charge < -0.3 is 14.0 Å². The highest BCUT2D eigenvalue weighted by Gasteiger charge is 2.25. The maximum absolute atomic E-state index is 13.6. The van der Waals surface area contributed by atoms with Gasteiger partial charge in [-0.15, -0.1) is 0 Å². The van der Waals surface area contributed by atoms with Gasteiger partial charge in [0.1, 0.15) is 0 Å². The average Bonchev–Trinajstić information content (AvgIpc) is 2.33. The van der Waals surface area contributed by atoms with E-state index in [1.807, 2.05) is 0 Å². The largest absolute Gasteiger partial charge is 0.525 e. The molecule has 2 aromatic rings. The number of aromatic hydroxyl groups is 1. The van der Waals surface area contributed by atoms with Crippen LogP contribution in [0, 0.1) is 18.6 Å². The number of phenolic OH excluding ortho intramolecular Hbond substituents is 1. The second-order valence-electron chi connectivity index (χ2n) is 3.82. The van der Waals surface area contributed by atoms with Crippen molar-refractivity contribution in [1.82, 2.24) is 0 Å². The molecule has 108 valence electrons. The second-order valence-corrected chi connectivity index (χ2v) is 4.99. The predicted molar refractivity (Wildman–Crippen MR) is 61.5 cm³/mol. The van der Waals surface area contributed by atoms with Crippen molar-refractivity contribution in [2.45, 2.75) is 6.92 Å². The van der Waals surface area contributed by atoms with E-state index in [9.17, 15) is 18.1 Å². The summed E-state index contributed by atoms with van der Waals surface area (Å²) in [5.41, 5.74) is -2.36. The van der Waals surface area contributed by atoms with Crippen molar-refractivity contribution in [3.8, 4) is 11.5 Å². The predicted octanol–water partition coefficient (Wildman–Crippen LogP) is 1.56. The average molecular weight is 308 g/mol. The molecule has 1 aromatic heterocycles. The molecule has 0 atom stereocenters. The van der Waals surface area contributed by atoms with Gasteiger partial charge in [-0.1, -0.05) is 0 Å². The number of phenols is 1. The van der Waals surface area contributed by atoms with Gasteiger partial charge >= 0.3 is 13.4 Å². The first kappa shape index (κ1) is 14.4. The Hall–Kier alpha value is -1.96. The third-order valence-corrected chi connectivity index (χ3v) is 2.90. The van der Waals surface area contributed by atoms with Crippen molar-refractivity contribution in [2.24, 2.45) is 0 Å². The monoisotopic (exact) mass is 308 g/mol. The Balaban J connectivity index is 2.86. The van der Waals surface area contributed by atoms with Crippen molar-refractivity contribution < 1.29 is 37.2 Å². The van der Waals surface area contributed by atoms with Crippen molar-refractivity contribution >= 4 is 18.8 Å². The van der Waals surface area contributed by atoms with Gasteiger partial charge in [-0.3, -0.25) is 9.79 Å². The van der Waals surface area contributed by atoms with E-state index >= 15 is 0 Å². The summed E-state index contributed by atoms with van der Waals surface area (Å²) in [4.78, 5) is 28.8. The standard InChI is InChI=1S/C10H7F2O7P/c1-3-4-2-5(11)7(13)6(12)9(4)18-10(14)8(3)19-20(15,16)17/h2,13H,1H3,(H2,15,16,17). The van der Waals surface area contributed by atoms with Crippen molar-refractivity contribution in [3.05, 3.63) is 33.7 Å². The summed E-state index contributed by atoms with van der Waals surface area (Å²) < 4.78 is 46.2. The zero-order valence-electron chi connectivity index (χ0n) is 9.76. The van der Waals surface area contributed by atoms with Gasteiger partial charge in [0.25, 0.3) is 0 Å². The highest BCUT2D eigenvalue weighted by molar-refractivity contribution is 7.46. The van der Waals surface area contributed by atoms with Crippen LogP contribution in [0.2, 0.25) is 0 Å². The lowest BCUT2D eigenvalue weighted by atomic mass is 10.1. The molecule has 1 heterocycles. The van der Waals surface area contributed by atoms with Gasteiger partial charge in [0, 0.05) is 10.9 Å². The number of fused-ring (bicyclic) bond motifs is 1. The molecule has 2 rings (SSSR count). The lowest BCUT2D eigenvalue weighted by Gasteiger charge is -2.10. The van der Waals surface area contributed by atoms with Gasteiger partial charge in [-0.25, -0.2) is 13.8 Å². The SMILES string of the molecule is Cc1c(OP(=O)(O)O)c(=O)oc2c(F)c(O)c(F)cc12. The highest BCUT2D eigenvalue weighted by atomic mass is 31.2. The molecule has 0 aliphatic rings. The van der Waals surface area contributed by atoms with Gasteiger partial charge in [-0.05, 0) is 13.0 Å². The maximum atomic E-state index is 13.6. The minimum absolute atomic E-state index is 0.239. The second kappa shape index (κ2) is 4.55. The van der Waals surface area contributed by atoms with Crippen LogP contribution in [0.3, 0.4) is 0 Å². The molecule has 0 bridgehead atoms. The molecule has 10 heteroatoms. The van der Waals surface area contributed by atoms with E-state index in [2.05, 4.69) is 8.94 Å². The lowest BCUT2D eigenvalue weighted by molar-refractivity contribution is 0.277. The summed E-state index contributed by atoms with van der Waals surface area (Å²) in [6.45, 7) is 1.15. The summed E-state index contributed by atoms with van der Waals surface area (Å²) in [6, 6.07) is 0.651. The van der Waals surface area contributed by atoms with Gasteiger partial charge in [0.2, 0.25) is 11.6 Å². The summed E-state index contributed by atoms with van der Waals surface area (Å²) in [5.74, 6) is -5.02. The summed E-state index contributed by atoms with van der Waals surface area (Å²) in [6.07, 6.45) is 0. The Labute approximate surface area is 109 Å². The van der Waals surface area contributed by atoms with Crippen molar-refractivity contribution in [1.29, 1.82) is 0 Å². The normalized spacial score (nSPS) is 11.8. The fourth-order valence-corrected chi connectivity index (χ4v) is 2.06. The number of halogens is 2. The molecule has 0 aliphatic carbocycles. The zero-order chi connectivity index (χ0) is 15.2.